The normalized spacial score (nSPS) is 27.1. The van der Waals surface area contributed by atoms with Crippen molar-refractivity contribution in [3.63, 3.8) is 0 Å². The third-order valence-corrected chi connectivity index (χ3v) is 6.22. The number of benzene rings is 1. The summed E-state index contributed by atoms with van der Waals surface area (Å²) in [5, 5.41) is 3.34. The van der Waals surface area contributed by atoms with Crippen molar-refractivity contribution in [2.24, 2.45) is 0 Å². The monoisotopic (exact) mass is 359 g/mol. The van der Waals surface area contributed by atoms with Crippen molar-refractivity contribution in [3.05, 3.63) is 22.2 Å². The van der Waals surface area contributed by atoms with Gasteiger partial charge < -0.3 is 16.0 Å². The Morgan fingerprint density at radius 3 is 2.73 bits per heavy atom. The van der Waals surface area contributed by atoms with E-state index >= 15 is 0 Å². The molecule has 1 aromatic rings. The molecule has 2 heterocycles. The number of nitrogen functional groups attached to an aromatic ring is 1. The predicted molar refractivity (Wildman–Crippen MR) is 90.2 cm³/mol. The first-order valence-electron chi connectivity index (χ1n) is 6.83. The number of hydrogen-bond donors (Lipinski definition) is 2. The van der Waals surface area contributed by atoms with E-state index in [0.29, 0.717) is 17.9 Å². The van der Waals surface area contributed by atoms with Crippen molar-refractivity contribution < 1.29 is 9.59 Å². The summed E-state index contributed by atoms with van der Waals surface area (Å²) in [6.45, 7) is 2.01. The fourth-order valence-corrected chi connectivity index (χ4v) is 4.82. The molecule has 0 bridgehead atoms. The highest BCUT2D eigenvalue weighted by Crippen LogP contribution is 2.47. The lowest BCUT2D eigenvalue weighted by molar-refractivity contribution is -0.135. The van der Waals surface area contributed by atoms with Gasteiger partial charge in [0.1, 0.15) is 6.04 Å². The lowest BCUT2D eigenvalue weighted by Crippen LogP contribution is -2.48. The molecule has 118 valence electrons. The fraction of sp³-hybridized carbons (Fsp3) is 0.429. The van der Waals surface area contributed by atoms with Gasteiger partial charge in [-0.05, 0) is 25.5 Å². The van der Waals surface area contributed by atoms with Crippen molar-refractivity contribution in [3.8, 4) is 0 Å². The van der Waals surface area contributed by atoms with Gasteiger partial charge in [0.15, 0.2) is 0 Å². The molecular formula is C14H15Cl2N3O2S. The molecule has 0 spiro atoms. The van der Waals surface area contributed by atoms with Crippen LogP contribution in [-0.2, 0) is 9.59 Å². The largest absolute Gasteiger partial charge is 0.396 e. The molecule has 0 aromatic heterocycles. The zero-order valence-corrected chi connectivity index (χ0v) is 14.2. The maximum atomic E-state index is 12.5. The van der Waals surface area contributed by atoms with Crippen LogP contribution in [0.3, 0.4) is 0 Å². The summed E-state index contributed by atoms with van der Waals surface area (Å²) in [4.78, 5) is 26.0. The van der Waals surface area contributed by atoms with Crippen molar-refractivity contribution in [1.82, 2.24) is 4.90 Å². The van der Waals surface area contributed by atoms with E-state index in [-0.39, 0.29) is 32.4 Å². The van der Waals surface area contributed by atoms with Gasteiger partial charge in [0.2, 0.25) is 11.8 Å². The van der Waals surface area contributed by atoms with Crippen LogP contribution >= 0.6 is 35.0 Å². The molecule has 1 aromatic carbocycles. The third kappa shape index (κ3) is 2.53. The number of thioether (sulfide) groups is 1. The molecule has 2 atom stereocenters. The van der Waals surface area contributed by atoms with Gasteiger partial charge in [-0.15, -0.1) is 11.8 Å². The number of fused-ring (bicyclic) bond motifs is 1. The number of amides is 2. The first kappa shape index (κ1) is 15.8. The van der Waals surface area contributed by atoms with Crippen LogP contribution in [0.15, 0.2) is 12.1 Å². The van der Waals surface area contributed by atoms with Gasteiger partial charge >= 0.3 is 0 Å². The molecule has 2 unspecified atom stereocenters. The molecule has 3 N–H and O–H groups in total. The Morgan fingerprint density at radius 2 is 2.09 bits per heavy atom. The van der Waals surface area contributed by atoms with E-state index in [0.717, 1.165) is 6.42 Å². The molecule has 22 heavy (non-hydrogen) atoms. The molecule has 2 saturated heterocycles. The van der Waals surface area contributed by atoms with Gasteiger partial charge in [-0.2, -0.15) is 0 Å². The number of anilines is 2. The minimum absolute atomic E-state index is 0.0287. The summed E-state index contributed by atoms with van der Waals surface area (Å²) in [5.74, 6) is 0.384. The van der Waals surface area contributed by atoms with E-state index < -0.39 is 6.04 Å². The zero-order valence-electron chi connectivity index (χ0n) is 11.9. The van der Waals surface area contributed by atoms with Crippen LogP contribution in [0.2, 0.25) is 10.0 Å². The number of rotatable bonds is 2. The van der Waals surface area contributed by atoms with E-state index in [9.17, 15) is 9.59 Å². The van der Waals surface area contributed by atoms with Gasteiger partial charge in [-0.3, -0.25) is 9.59 Å². The highest BCUT2D eigenvalue weighted by Gasteiger charge is 2.52. The Balaban J connectivity index is 1.79. The van der Waals surface area contributed by atoms with Crippen molar-refractivity contribution in [1.29, 1.82) is 0 Å². The number of nitrogens with two attached hydrogens (primary N) is 1. The summed E-state index contributed by atoms with van der Waals surface area (Å²) >= 11 is 13.6. The molecule has 2 aliphatic rings. The minimum atomic E-state index is -0.472. The Hall–Kier alpha value is -1.11. The number of nitrogens with one attached hydrogen (secondary N) is 1. The number of hydrogen-bond acceptors (Lipinski definition) is 4. The van der Waals surface area contributed by atoms with Crippen LogP contribution in [-0.4, -0.2) is 33.4 Å². The Kier molecular flexibility index (Phi) is 3.95. The van der Waals surface area contributed by atoms with Crippen molar-refractivity contribution >= 4 is 58.2 Å². The minimum Gasteiger partial charge on any atom is -0.396 e. The Morgan fingerprint density at radius 1 is 1.45 bits per heavy atom. The third-order valence-electron chi connectivity index (χ3n) is 4.09. The average Bonchev–Trinajstić information content (AvgIpc) is 2.93. The number of halogens is 2. The molecular weight excluding hydrogens is 345 g/mol. The first-order chi connectivity index (χ1) is 10.3. The average molecular weight is 360 g/mol. The highest BCUT2D eigenvalue weighted by atomic mass is 35.5. The van der Waals surface area contributed by atoms with Gasteiger partial charge in [0.25, 0.3) is 0 Å². The summed E-state index contributed by atoms with van der Waals surface area (Å²) in [6.07, 6.45) is 1.27. The fourth-order valence-electron chi connectivity index (χ4n) is 2.90. The molecule has 2 aliphatic heterocycles. The van der Waals surface area contributed by atoms with Crippen LogP contribution in [0.1, 0.15) is 19.8 Å². The van der Waals surface area contributed by atoms with Gasteiger partial charge in [-0.25, -0.2) is 0 Å². The lowest BCUT2D eigenvalue weighted by Gasteiger charge is -2.29. The second-order valence-electron chi connectivity index (χ2n) is 5.61. The van der Waals surface area contributed by atoms with Gasteiger partial charge in [0.05, 0.1) is 20.6 Å². The first-order valence-corrected chi connectivity index (χ1v) is 8.57. The smallest absolute Gasteiger partial charge is 0.248 e. The molecule has 2 amide bonds. The quantitative estimate of drug-likeness (QED) is 0.795. The Bertz CT molecular complexity index is 646. The van der Waals surface area contributed by atoms with E-state index in [1.54, 1.807) is 28.8 Å². The van der Waals surface area contributed by atoms with Gasteiger partial charge in [0, 0.05) is 17.9 Å². The molecule has 5 nitrogen and oxygen atoms in total. The Labute approximate surface area is 142 Å². The van der Waals surface area contributed by atoms with Crippen molar-refractivity contribution in [2.75, 3.05) is 16.8 Å². The molecule has 0 radical (unpaired) electrons. The van der Waals surface area contributed by atoms with Crippen LogP contribution in [0, 0.1) is 0 Å². The summed E-state index contributed by atoms with van der Waals surface area (Å²) in [6, 6.07) is 2.63. The van der Waals surface area contributed by atoms with E-state index in [4.69, 9.17) is 28.9 Å². The van der Waals surface area contributed by atoms with E-state index in [1.165, 1.54) is 0 Å². The maximum absolute atomic E-state index is 12.5. The maximum Gasteiger partial charge on any atom is 0.248 e. The second-order valence-corrected chi connectivity index (χ2v) is 7.92. The van der Waals surface area contributed by atoms with Gasteiger partial charge in [-0.1, -0.05) is 23.2 Å². The van der Waals surface area contributed by atoms with Crippen LogP contribution in [0.4, 0.5) is 11.4 Å². The standard InChI is InChI=1S/C14H15Cl2N3O2S/c1-14-3-2-11(20)19(14)10(6-22-14)13(21)18-7-4-8(15)12(17)9(16)5-7/h4-5,10H,2-3,6,17H2,1H3,(H,18,21). The van der Waals surface area contributed by atoms with E-state index in [1.807, 2.05) is 6.92 Å². The highest BCUT2D eigenvalue weighted by molar-refractivity contribution is 8.01. The number of carbonyl (C=O) groups excluding carboxylic acids is 2. The molecule has 8 heteroatoms. The predicted octanol–water partition coefficient (Wildman–Crippen LogP) is 2.97. The van der Waals surface area contributed by atoms with Crippen LogP contribution < -0.4 is 11.1 Å². The summed E-state index contributed by atoms with van der Waals surface area (Å²) < 4.78 is 0. The number of nitrogens with zero attached hydrogens (tertiary/aromatic N) is 1. The lowest BCUT2D eigenvalue weighted by atomic mass is 10.2. The molecule has 3 rings (SSSR count). The van der Waals surface area contributed by atoms with E-state index in [2.05, 4.69) is 5.32 Å². The zero-order chi connectivity index (χ0) is 16.1. The van der Waals surface area contributed by atoms with Crippen LogP contribution in [0.25, 0.3) is 0 Å². The summed E-state index contributed by atoms with van der Waals surface area (Å²) in [7, 11) is 0. The summed E-state index contributed by atoms with van der Waals surface area (Å²) in [5.41, 5.74) is 6.43. The van der Waals surface area contributed by atoms with Crippen molar-refractivity contribution in [2.45, 2.75) is 30.7 Å². The second kappa shape index (κ2) is 5.51. The van der Waals surface area contributed by atoms with Crippen LogP contribution in [0.5, 0.6) is 0 Å². The molecule has 0 saturated carbocycles. The SMILES string of the molecule is CC12CCC(=O)N1C(C(=O)Nc1cc(Cl)c(N)c(Cl)c1)CS2. The molecule has 0 aliphatic carbocycles. The molecule has 2 fully saturated rings. The topological polar surface area (TPSA) is 75.4 Å². The number of carbonyl (C=O) groups is 2.